The van der Waals surface area contributed by atoms with Crippen LogP contribution in [-0.4, -0.2) is 5.11 Å². The molecule has 0 bridgehead atoms. The zero-order valence-electron chi connectivity index (χ0n) is 8.52. The Labute approximate surface area is 95.2 Å². The Hall–Kier alpha value is -2.88. The van der Waals surface area contributed by atoms with Crippen LogP contribution in [0.3, 0.4) is 0 Å². The van der Waals surface area contributed by atoms with E-state index in [-0.39, 0.29) is 11.4 Å². The molecule has 7 nitrogen and oxygen atoms in total. The number of hydrogen-bond acceptors (Lipinski definition) is 3. The molecule has 2 aromatic rings. The Balaban J connectivity index is 2.93. The third-order valence-electron chi connectivity index (χ3n) is 2.28. The molecule has 0 amide bonds. The maximum atomic E-state index is 9.87. The summed E-state index contributed by atoms with van der Waals surface area (Å²) in [5.74, 6) is -0.129. The van der Waals surface area contributed by atoms with E-state index in [0.29, 0.717) is 16.5 Å². The highest BCUT2D eigenvalue weighted by molar-refractivity contribution is 6.00. The molecule has 17 heavy (non-hydrogen) atoms. The van der Waals surface area contributed by atoms with Crippen LogP contribution >= 0.6 is 0 Å². The maximum absolute atomic E-state index is 9.87. The van der Waals surface area contributed by atoms with E-state index in [4.69, 9.17) is 11.1 Å². The Bertz CT molecular complexity index is 683. The van der Waals surface area contributed by atoms with Crippen LogP contribution in [0.1, 0.15) is 0 Å². The van der Waals surface area contributed by atoms with Crippen LogP contribution in [0.4, 0.5) is 11.4 Å². The summed E-state index contributed by atoms with van der Waals surface area (Å²) in [6.07, 6.45) is 0. The number of phenols is 1. The minimum Gasteiger partial charge on any atom is -0.507 e. The molecule has 0 radical (unpaired) electrons. The van der Waals surface area contributed by atoms with Gasteiger partial charge in [-0.25, -0.2) is 0 Å². The van der Waals surface area contributed by atoms with Crippen LogP contribution in [0, 0.1) is 0 Å². The zero-order valence-corrected chi connectivity index (χ0v) is 8.52. The lowest BCUT2D eigenvalue weighted by molar-refractivity contribution is 0.483. The Morgan fingerprint density at radius 3 is 2.18 bits per heavy atom. The van der Waals surface area contributed by atoms with Crippen LogP contribution in [0.15, 0.2) is 40.6 Å². The first kappa shape index (κ1) is 10.6. The van der Waals surface area contributed by atoms with E-state index in [1.54, 1.807) is 24.3 Å². The van der Waals surface area contributed by atoms with Crippen molar-refractivity contribution in [2.75, 3.05) is 0 Å². The van der Waals surface area contributed by atoms with Crippen LogP contribution in [-0.2, 0) is 0 Å². The number of azide groups is 2. The van der Waals surface area contributed by atoms with Crippen molar-refractivity contribution in [2.24, 2.45) is 10.2 Å². The number of benzene rings is 2. The highest BCUT2D eigenvalue weighted by atomic mass is 16.3. The van der Waals surface area contributed by atoms with Gasteiger partial charge in [0.1, 0.15) is 5.75 Å². The van der Waals surface area contributed by atoms with Gasteiger partial charge in [0.05, 0.1) is 5.69 Å². The molecule has 0 saturated heterocycles. The Kier molecular flexibility index (Phi) is 2.70. The molecule has 0 aliphatic carbocycles. The average Bonchev–Trinajstić information content (AvgIpc) is 2.36. The molecule has 0 aromatic heterocycles. The standard InChI is InChI=1S/C10H6N6O/c11-15-13-8-5-9(14-16-12)10(17)7-4-2-1-3-6(7)8/h1-5,17H. The fourth-order valence-corrected chi connectivity index (χ4v) is 1.58. The summed E-state index contributed by atoms with van der Waals surface area (Å²) in [7, 11) is 0. The van der Waals surface area contributed by atoms with Crippen LogP contribution < -0.4 is 0 Å². The molecule has 0 saturated carbocycles. The predicted octanol–water partition coefficient (Wildman–Crippen LogP) is 4.43. The number of phenolic OH excluding ortho intramolecular Hbond substituents is 1. The van der Waals surface area contributed by atoms with E-state index in [1.165, 1.54) is 6.07 Å². The van der Waals surface area contributed by atoms with Gasteiger partial charge in [0, 0.05) is 20.9 Å². The van der Waals surface area contributed by atoms with Gasteiger partial charge < -0.3 is 5.11 Å². The summed E-state index contributed by atoms with van der Waals surface area (Å²) >= 11 is 0. The second kappa shape index (κ2) is 4.32. The number of aromatic hydroxyl groups is 1. The first-order valence-corrected chi connectivity index (χ1v) is 4.63. The van der Waals surface area contributed by atoms with Crippen molar-refractivity contribution in [1.82, 2.24) is 0 Å². The second-order valence-electron chi connectivity index (χ2n) is 3.19. The monoisotopic (exact) mass is 226 g/mol. The van der Waals surface area contributed by atoms with Crippen LogP contribution in [0.5, 0.6) is 5.75 Å². The molecule has 0 aliphatic heterocycles. The summed E-state index contributed by atoms with van der Waals surface area (Å²) in [5.41, 5.74) is 17.2. The second-order valence-corrected chi connectivity index (χ2v) is 3.19. The summed E-state index contributed by atoms with van der Waals surface area (Å²) < 4.78 is 0. The molecule has 82 valence electrons. The smallest absolute Gasteiger partial charge is 0.132 e. The summed E-state index contributed by atoms with van der Waals surface area (Å²) in [6.45, 7) is 0. The third kappa shape index (κ3) is 1.79. The average molecular weight is 226 g/mol. The normalized spacial score (nSPS) is 9.41. The number of fused-ring (bicyclic) bond motifs is 1. The van der Waals surface area contributed by atoms with E-state index >= 15 is 0 Å². The van der Waals surface area contributed by atoms with Crippen LogP contribution in [0.25, 0.3) is 31.7 Å². The lowest BCUT2D eigenvalue weighted by Crippen LogP contribution is -1.76. The molecule has 2 rings (SSSR count). The topological polar surface area (TPSA) is 118 Å². The van der Waals surface area contributed by atoms with Crippen molar-refractivity contribution < 1.29 is 5.11 Å². The third-order valence-corrected chi connectivity index (χ3v) is 2.28. The van der Waals surface area contributed by atoms with Crippen molar-refractivity contribution in [3.05, 3.63) is 51.2 Å². The molecule has 0 atom stereocenters. The zero-order chi connectivity index (χ0) is 12.3. The van der Waals surface area contributed by atoms with E-state index in [1.807, 2.05) is 0 Å². The molecule has 0 unspecified atom stereocenters. The first-order chi connectivity index (χ1) is 8.27. The summed E-state index contributed by atoms with van der Waals surface area (Å²) in [5, 5.41) is 17.8. The Morgan fingerprint density at radius 2 is 1.53 bits per heavy atom. The number of nitrogens with zero attached hydrogens (tertiary/aromatic N) is 6. The number of hydrogen-bond donors (Lipinski definition) is 1. The fraction of sp³-hybridized carbons (Fsp3) is 0. The lowest BCUT2D eigenvalue weighted by Gasteiger charge is -2.06. The summed E-state index contributed by atoms with van der Waals surface area (Å²) in [6, 6.07) is 8.18. The van der Waals surface area contributed by atoms with E-state index in [2.05, 4.69) is 20.1 Å². The fourth-order valence-electron chi connectivity index (χ4n) is 1.58. The molecule has 7 heteroatoms. The minimum atomic E-state index is -0.129. The van der Waals surface area contributed by atoms with Crippen molar-refractivity contribution in [3.63, 3.8) is 0 Å². The Morgan fingerprint density at radius 1 is 0.941 bits per heavy atom. The molecule has 1 N–H and O–H groups in total. The highest BCUT2D eigenvalue weighted by Crippen LogP contribution is 2.40. The first-order valence-electron chi connectivity index (χ1n) is 4.63. The van der Waals surface area contributed by atoms with Crippen molar-refractivity contribution in [1.29, 1.82) is 0 Å². The van der Waals surface area contributed by atoms with E-state index < -0.39 is 0 Å². The molecule has 0 fully saturated rings. The van der Waals surface area contributed by atoms with Gasteiger partial charge in [0.25, 0.3) is 0 Å². The molecule has 2 aromatic carbocycles. The van der Waals surface area contributed by atoms with Gasteiger partial charge in [0.15, 0.2) is 0 Å². The van der Waals surface area contributed by atoms with Gasteiger partial charge in [-0.1, -0.05) is 34.5 Å². The van der Waals surface area contributed by atoms with Crippen molar-refractivity contribution in [2.45, 2.75) is 0 Å². The van der Waals surface area contributed by atoms with Gasteiger partial charge in [-0.05, 0) is 22.5 Å². The predicted molar refractivity (Wildman–Crippen MR) is 63.2 cm³/mol. The molecule has 0 heterocycles. The van der Waals surface area contributed by atoms with Gasteiger partial charge in [-0.15, -0.1) is 0 Å². The molecular weight excluding hydrogens is 220 g/mol. The van der Waals surface area contributed by atoms with Crippen LogP contribution in [0.2, 0.25) is 0 Å². The minimum absolute atomic E-state index is 0.0357. The van der Waals surface area contributed by atoms with Gasteiger partial charge >= 0.3 is 0 Å². The van der Waals surface area contributed by atoms with E-state index in [9.17, 15) is 5.11 Å². The largest absolute Gasteiger partial charge is 0.507 e. The summed E-state index contributed by atoms with van der Waals surface area (Å²) in [4.78, 5) is 5.30. The van der Waals surface area contributed by atoms with Gasteiger partial charge in [0.2, 0.25) is 0 Å². The molecular formula is C10H6N6O. The SMILES string of the molecule is [N-]=[N+]=Nc1cc(N=[N+]=[N-])c2ccccc2c1O. The highest BCUT2D eigenvalue weighted by Gasteiger charge is 2.08. The van der Waals surface area contributed by atoms with Gasteiger partial charge in [-0.2, -0.15) is 0 Å². The molecule has 0 aliphatic rings. The van der Waals surface area contributed by atoms with Crippen molar-refractivity contribution >= 4 is 22.1 Å². The van der Waals surface area contributed by atoms with Crippen molar-refractivity contribution in [3.8, 4) is 5.75 Å². The molecule has 0 spiro atoms. The quantitative estimate of drug-likeness (QED) is 0.455. The van der Waals surface area contributed by atoms with E-state index in [0.717, 1.165) is 0 Å². The maximum Gasteiger partial charge on any atom is 0.132 e. The number of rotatable bonds is 2. The lowest BCUT2D eigenvalue weighted by atomic mass is 10.1. The van der Waals surface area contributed by atoms with Gasteiger partial charge in [-0.3, -0.25) is 0 Å².